The predicted octanol–water partition coefficient (Wildman–Crippen LogP) is 5.71. The first-order valence-corrected chi connectivity index (χ1v) is 10.5. The zero-order valence-electron chi connectivity index (χ0n) is 15.8. The average molecular weight is 392 g/mol. The molecule has 2 heteroatoms. The Labute approximate surface area is 173 Å². The van der Waals surface area contributed by atoms with E-state index in [-0.39, 0.29) is 29.3 Å². The van der Waals surface area contributed by atoms with Crippen molar-refractivity contribution in [1.29, 1.82) is 0 Å². The summed E-state index contributed by atoms with van der Waals surface area (Å²) in [6, 6.07) is 0. The van der Waals surface area contributed by atoms with Crippen LogP contribution in [0.1, 0.15) is 64.2 Å². The molecule has 0 spiro atoms. The van der Waals surface area contributed by atoms with Crippen LogP contribution in [0.4, 0.5) is 0 Å². The Hall–Kier alpha value is 0.479. The van der Waals surface area contributed by atoms with Crippen LogP contribution in [-0.4, -0.2) is 12.2 Å². The second-order valence-electron chi connectivity index (χ2n) is 8.21. The molecule has 0 amide bonds. The van der Waals surface area contributed by atoms with E-state index in [1.54, 1.807) is 0 Å². The maximum Gasteiger partial charge on any atom is 2.00 e. The van der Waals surface area contributed by atoms with Gasteiger partial charge in [0.05, 0.1) is 12.2 Å². The number of hydrogen-bond acceptors (Lipinski definition) is 1. The molecule has 4 aliphatic carbocycles. The molecule has 0 unspecified atom stereocenters. The van der Waals surface area contributed by atoms with Gasteiger partial charge in [0.2, 0.25) is 0 Å². The summed E-state index contributed by atoms with van der Waals surface area (Å²) in [6.07, 6.45) is 32.0. The van der Waals surface area contributed by atoms with Gasteiger partial charge in [-0.2, -0.15) is 0 Å². The molecule has 4 rings (SSSR count). The van der Waals surface area contributed by atoms with Crippen molar-refractivity contribution in [2.45, 2.75) is 76.4 Å². The molecule has 0 aromatic carbocycles. The Morgan fingerprint density at radius 3 is 1.27 bits per heavy atom. The summed E-state index contributed by atoms with van der Waals surface area (Å²) in [4.78, 5) is 0. The Morgan fingerprint density at radius 1 is 0.577 bits per heavy atom. The van der Waals surface area contributed by atoms with Crippen LogP contribution in [0.25, 0.3) is 0 Å². The van der Waals surface area contributed by atoms with E-state index in [1.165, 1.54) is 76.0 Å². The minimum absolute atomic E-state index is 0. The standard InChI is InChI=1S/C24H32O.Fe/c1-3-11-19(12-4-1)23(21-15-7-8-16-21)25-24(22-17-9-10-18-22)20-13-5-2-6-14-20;/h7-10,15-20,23-24H,1-6,11-14H2;/q;+2/t23-,24+;. The summed E-state index contributed by atoms with van der Waals surface area (Å²) < 4.78 is 7.02. The minimum Gasteiger partial charge on any atom is -0.373 e. The van der Waals surface area contributed by atoms with Gasteiger partial charge in [-0.1, -0.05) is 38.5 Å². The average Bonchev–Trinajstić information content (AvgIpc) is 3.38. The van der Waals surface area contributed by atoms with Gasteiger partial charge in [0.25, 0.3) is 0 Å². The Kier molecular flexibility index (Phi) is 8.86. The van der Waals surface area contributed by atoms with Crippen molar-refractivity contribution >= 4 is 0 Å². The van der Waals surface area contributed by atoms with Crippen LogP contribution >= 0.6 is 0 Å². The molecule has 0 heterocycles. The van der Waals surface area contributed by atoms with E-state index in [9.17, 15) is 0 Å². The first-order valence-electron chi connectivity index (χ1n) is 10.5. The largest absolute Gasteiger partial charge is 2.00 e. The molecule has 4 aliphatic rings. The van der Waals surface area contributed by atoms with E-state index in [4.69, 9.17) is 4.74 Å². The van der Waals surface area contributed by atoms with Gasteiger partial charge >= 0.3 is 17.1 Å². The Balaban J connectivity index is 0.00000196. The summed E-state index contributed by atoms with van der Waals surface area (Å²) in [5.41, 5.74) is 0. The van der Waals surface area contributed by atoms with Crippen molar-refractivity contribution < 1.29 is 21.8 Å². The van der Waals surface area contributed by atoms with Gasteiger partial charge in [-0.3, -0.25) is 0 Å². The fraction of sp³-hybridized carbons (Fsp3) is 0.583. The smallest absolute Gasteiger partial charge is 0.373 e. The third kappa shape index (κ3) is 5.30. The van der Waals surface area contributed by atoms with Gasteiger partial charge in [-0.15, -0.1) is 0 Å². The van der Waals surface area contributed by atoms with Crippen LogP contribution in [-0.2, 0) is 21.8 Å². The van der Waals surface area contributed by atoms with E-state index >= 15 is 0 Å². The van der Waals surface area contributed by atoms with Gasteiger partial charge in [0.1, 0.15) is 0 Å². The SMILES string of the molecule is [CH]1[CH][CH][C]([C@@H](O[C@@H]([C]2[CH][CH][CH][CH]2)C2CCCCC2)C2CCCCC2)[CH]1.[Fe+2]. The summed E-state index contributed by atoms with van der Waals surface area (Å²) in [6.45, 7) is 0. The molecule has 10 radical (unpaired) electrons. The predicted molar refractivity (Wildman–Crippen MR) is 103 cm³/mol. The second-order valence-corrected chi connectivity index (χ2v) is 8.21. The summed E-state index contributed by atoms with van der Waals surface area (Å²) >= 11 is 0. The van der Waals surface area contributed by atoms with Gasteiger partial charge < -0.3 is 4.74 Å². The van der Waals surface area contributed by atoms with Crippen LogP contribution < -0.4 is 0 Å². The van der Waals surface area contributed by atoms with Crippen LogP contribution in [0.3, 0.4) is 0 Å². The van der Waals surface area contributed by atoms with Crippen LogP contribution in [0.5, 0.6) is 0 Å². The van der Waals surface area contributed by atoms with E-state index in [1.807, 2.05) is 0 Å². The fourth-order valence-corrected chi connectivity index (χ4v) is 5.11. The van der Waals surface area contributed by atoms with Gasteiger partial charge in [0.15, 0.2) is 0 Å². The summed E-state index contributed by atoms with van der Waals surface area (Å²) in [5, 5.41) is 0. The van der Waals surface area contributed by atoms with Crippen LogP contribution in [0, 0.1) is 75.0 Å². The van der Waals surface area contributed by atoms with Gasteiger partial charge in [0, 0.05) is 11.8 Å². The summed E-state index contributed by atoms with van der Waals surface area (Å²) in [5.74, 6) is 4.19. The van der Waals surface area contributed by atoms with Crippen molar-refractivity contribution in [1.82, 2.24) is 0 Å². The molecule has 1 nitrogen and oxygen atoms in total. The number of rotatable bonds is 6. The third-order valence-corrected chi connectivity index (χ3v) is 6.48. The zero-order valence-corrected chi connectivity index (χ0v) is 16.9. The maximum absolute atomic E-state index is 7.02. The molecule has 4 saturated carbocycles. The van der Waals surface area contributed by atoms with Crippen LogP contribution in [0.15, 0.2) is 0 Å². The van der Waals surface area contributed by atoms with E-state index in [0.717, 1.165) is 0 Å². The molecule has 26 heavy (non-hydrogen) atoms. The molecular weight excluding hydrogens is 360 g/mol. The Bertz CT molecular complexity index is 338. The molecule has 4 fully saturated rings. The first-order chi connectivity index (χ1) is 12.4. The molecule has 0 N–H and O–H groups in total. The van der Waals surface area contributed by atoms with Crippen LogP contribution in [0.2, 0.25) is 0 Å². The number of hydrogen-bond donors (Lipinski definition) is 0. The maximum atomic E-state index is 7.02. The van der Waals surface area contributed by atoms with E-state index in [0.29, 0.717) is 11.8 Å². The molecule has 140 valence electrons. The Morgan fingerprint density at radius 2 is 0.923 bits per heavy atom. The van der Waals surface area contributed by atoms with Crippen molar-refractivity contribution in [3.05, 3.63) is 63.2 Å². The molecule has 2 atom stereocenters. The van der Waals surface area contributed by atoms with E-state index < -0.39 is 0 Å². The molecule has 0 aromatic rings. The monoisotopic (exact) mass is 392 g/mol. The normalized spacial score (nSPS) is 29.5. The second kappa shape index (κ2) is 10.9. The van der Waals surface area contributed by atoms with Crippen molar-refractivity contribution in [3.63, 3.8) is 0 Å². The third-order valence-electron chi connectivity index (χ3n) is 6.48. The quantitative estimate of drug-likeness (QED) is 0.526. The molecule has 0 aromatic heterocycles. The van der Waals surface area contributed by atoms with Crippen molar-refractivity contribution in [2.24, 2.45) is 11.8 Å². The van der Waals surface area contributed by atoms with Gasteiger partial charge in [-0.25, -0.2) is 0 Å². The van der Waals surface area contributed by atoms with Gasteiger partial charge in [-0.05, 0) is 88.9 Å². The first kappa shape index (κ1) is 21.2. The topological polar surface area (TPSA) is 9.23 Å². The van der Waals surface area contributed by atoms with Crippen molar-refractivity contribution in [2.75, 3.05) is 0 Å². The molecule has 0 aliphatic heterocycles. The number of ether oxygens (including phenoxy) is 1. The minimum atomic E-state index is 0. The molecule has 0 saturated heterocycles. The molecular formula is C24H32FeO+2. The zero-order chi connectivity index (χ0) is 16.9. The molecule has 0 bridgehead atoms. The summed E-state index contributed by atoms with van der Waals surface area (Å²) in [7, 11) is 0. The fourth-order valence-electron chi connectivity index (χ4n) is 5.11. The van der Waals surface area contributed by atoms with Crippen molar-refractivity contribution in [3.8, 4) is 0 Å². The van der Waals surface area contributed by atoms with E-state index in [2.05, 4.69) is 51.4 Å².